The number of primary amides is 1. The molecular weight excluding hydrogens is 238 g/mol. The van der Waals surface area contributed by atoms with Crippen molar-refractivity contribution in [2.45, 2.75) is 38.6 Å². The molecule has 1 aromatic heterocycles. The van der Waals surface area contributed by atoms with Crippen LogP contribution in [-0.2, 0) is 12.0 Å². The highest BCUT2D eigenvalue weighted by molar-refractivity contribution is 5.86. The molecule has 2 aromatic rings. The molecule has 0 saturated heterocycles. The molecule has 0 radical (unpaired) electrons. The number of carbonyl (C=O) groups is 1. The number of carbonyl (C=O) groups excluding carboxylic acids is 1. The predicted octanol–water partition coefficient (Wildman–Crippen LogP) is 2.70. The van der Waals surface area contributed by atoms with E-state index in [0.29, 0.717) is 0 Å². The summed E-state index contributed by atoms with van der Waals surface area (Å²) in [7, 11) is 0. The van der Waals surface area contributed by atoms with Crippen molar-refractivity contribution in [1.29, 1.82) is 0 Å². The molecule has 3 rings (SSSR count). The first kappa shape index (κ1) is 12.1. The van der Waals surface area contributed by atoms with Gasteiger partial charge in [0.2, 0.25) is 0 Å². The third kappa shape index (κ3) is 1.87. The van der Waals surface area contributed by atoms with Crippen LogP contribution in [-0.4, -0.2) is 11.0 Å². The van der Waals surface area contributed by atoms with E-state index in [-0.39, 0.29) is 5.54 Å². The van der Waals surface area contributed by atoms with Crippen molar-refractivity contribution in [3.63, 3.8) is 0 Å². The number of hydrogen-bond donors (Lipinski definition) is 3. The molecule has 2 amide bonds. The summed E-state index contributed by atoms with van der Waals surface area (Å²) in [5.41, 5.74) is 9.76. The summed E-state index contributed by atoms with van der Waals surface area (Å²) in [5, 5.41) is 4.17. The molecule has 0 saturated carbocycles. The summed E-state index contributed by atoms with van der Waals surface area (Å²) in [6.45, 7) is 4.14. The van der Waals surface area contributed by atoms with Crippen LogP contribution >= 0.6 is 0 Å². The van der Waals surface area contributed by atoms with Gasteiger partial charge in [0.25, 0.3) is 0 Å². The monoisotopic (exact) mass is 257 g/mol. The third-order valence-electron chi connectivity index (χ3n) is 4.12. The van der Waals surface area contributed by atoms with E-state index in [1.807, 2.05) is 6.92 Å². The van der Waals surface area contributed by atoms with E-state index in [0.717, 1.165) is 30.5 Å². The van der Waals surface area contributed by atoms with Gasteiger partial charge in [0.05, 0.1) is 5.54 Å². The van der Waals surface area contributed by atoms with Gasteiger partial charge in [0, 0.05) is 16.6 Å². The van der Waals surface area contributed by atoms with Gasteiger partial charge in [-0.25, -0.2) is 4.79 Å². The molecule has 0 unspecified atom stereocenters. The number of amides is 2. The van der Waals surface area contributed by atoms with Crippen LogP contribution in [0.2, 0.25) is 0 Å². The summed E-state index contributed by atoms with van der Waals surface area (Å²) < 4.78 is 0. The minimum atomic E-state index is -0.467. The highest BCUT2D eigenvalue weighted by Gasteiger charge is 2.35. The molecule has 0 aliphatic heterocycles. The number of aryl methyl sites for hydroxylation is 2. The smallest absolute Gasteiger partial charge is 0.312 e. The first-order valence-electron chi connectivity index (χ1n) is 6.69. The molecule has 19 heavy (non-hydrogen) atoms. The third-order valence-corrected chi connectivity index (χ3v) is 4.12. The predicted molar refractivity (Wildman–Crippen MR) is 76.0 cm³/mol. The number of aromatic amines is 1. The summed E-state index contributed by atoms with van der Waals surface area (Å²) in [5.74, 6) is 0. The second kappa shape index (κ2) is 4.02. The largest absolute Gasteiger partial charge is 0.356 e. The van der Waals surface area contributed by atoms with Crippen molar-refractivity contribution in [3.8, 4) is 0 Å². The molecule has 1 aromatic carbocycles. The Bertz CT molecular complexity index is 659. The minimum absolute atomic E-state index is 0.383. The number of benzene rings is 1. The zero-order valence-electron chi connectivity index (χ0n) is 11.3. The molecule has 0 bridgehead atoms. The van der Waals surface area contributed by atoms with Gasteiger partial charge in [-0.1, -0.05) is 11.6 Å². The van der Waals surface area contributed by atoms with Gasteiger partial charge in [-0.2, -0.15) is 0 Å². The summed E-state index contributed by atoms with van der Waals surface area (Å²) >= 11 is 0. The molecule has 1 aliphatic rings. The molecule has 1 heterocycles. The van der Waals surface area contributed by atoms with Crippen LogP contribution in [0.15, 0.2) is 18.2 Å². The molecule has 1 aliphatic carbocycles. The average molecular weight is 257 g/mol. The Morgan fingerprint density at radius 2 is 2.26 bits per heavy atom. The quantitative estimate of drug-likeness (QED) is 0.722. The topological polar surface area (TPSA) is 70.9 Å². The normalized spacial score (nSPS) is 22.2. The van der Waals surface area contributed by atoms with Crippen molar-refractivity contribution in [2.24, 2.45) is 5.73 Å². The number of hydrogen-bond acceptors (Lipinski definition) is 1. The maximum atomic E-state index is 11.2. The van der Waals surface area contributed by atoms with E-state index in [4.69, 9.17) is 5.73 Å². The maximum absolute atomic E-state index is 11.2. The van der Waals surface area contributed by atoms with Crippen molar-refractivity contribution in [2.75, 3.05) is 0 Å². The van der Waals surface area contributed by atoms with Gasteiger partial charge in [-0.3, -0.25) is 0 Å². The van der Waals surface area contributed by atoms with E-state index in [2.05, 4.69) is 35.4 Å². The second-order valence-corrected chi connectivity index (χ2v) is 5.70. The van der Waals surface area contributed by atoms with Crippen LogP contribution < -0.4 is 11.1 Å². The number of rotatable bonds is 1. The highest BCUT2D eigenvalue weighted by Crippen LogP contribution is 2.38. The van der Waals surface area contributed by atoms with Gasteiger partial charge in [0.1, 0.15) is 0 Å². The number of H-pyrrole nitrogens is 1. The summed E-state index contributed by atoms with van der Waals surface area (Å²) in [6.07, 6.45) is 3.02. The van der Waals surface area contributed by atoms with Gasteiger partial charge < -0.3 is 16.0 Å². The average Bonchev–Trinajstić information content (AvgIpc) is 2.68. The molecule has 0 spiro atoms. The van der Waals surface area contributed by atoms with Crippen molar-refractivity contribution in [3.05, 3.63) is 35.0 Å². The Balaban J connectivity index is 2.20. The van der Waals surface area contributed by atoms with Crippen molar-refractivity contribution in [1.82, 2.24) is 10.3 Å². The maximum Gasteiger partial charge on any atom is 0.312 e. The first-order valence-corrected chi connectivity index (χ1v) is 6.69. The Hall–Kier alpha value is -1.97. The van der Waals surface area contributed by atoms with Crippen molar-refractivity contribution >= 4 is 16.9 Å². The summed E-state index contributed by atoms with van der Waals surface area (Å²) in [4.78, 5) is 14.7. The first-order chi connectivity index (χ1) is 8.99. The summed E-state index contributed by atoms with van der Waals surface area (Å²) in [6, 6.07) is 5.95. The van der Waals surface area contributed by atoms with Gasteiger partial charge in [-0.15, -0.1) is 0 Å². The van der Waals surface area contributed by atoms with Crippen LogP contribution in [0.5, 0.6) is 0 Å². The molecule has 4 N–H and O–H groups in total. The van der Waals surface area contributed by atoms with Crippen LogP contribution in [0.1, 0.15) is 36.6 Å². The molecule has 4 heteroatoms. The lowest BCUT2D eigenvalue weighted by Gasteiger charge is -2.34. The lowest BCUT2D eigenvalue weighted by atomic mass is 9.81. The van der Waals surface area contributed by atoms with Gasteiger partial charge in [0.15, 0.2) is 0 Å². The number of nitrogens with two attached hydrogens (primary N) is 1. The number of fused-ring (bicyclic) bond motifs is 3. The lowest BCUT2D eigenvalue weighted by molar-refractivity contribution is 0.229. The number of nitrogens with one attached hydrogen (secondary N) is 2. The molecule has 1 atom stereocenters. The SMILES string of the molecule is Cc1ccc2[nH]c3c(c2c1)CCC[C@]3(C)NC(N)=O. The number of aromatic nitrogens is 1. The van der Waals surface area contributed by atoms with E-state index < -0.39 is 6.03 Å². The van der Waals surface area contributed by atoms with Crippen LogP contribution in [0, 0.1) is 6.92 Å². The molecular formula is C15H19N3O. The Labute approximate surface area is 112 Å². The van der Waals surface area contributed by atoms with E-state index in [9.17, 15) is 4.79 Å². The van der Waals surface area contributed by atoms with Crippen LogP contribution in [0.25, 0.3) is 10.9 Å². The Kier molecular flexibility index (Phi) is 2.55. The van der Waals surface area contributed by atoms with Crippen LogP contribution in [0.4, 0.5) is 4.79 Å². The standard InChI is InChI=1S/C15H19N3O/c1-9-5-6-12-11(8-9)10-4-3-7-15(2,13(10)17-12)18-14(16)19/h5-6,8,17H,3-4,7H2,1-2H3,(H3,16,18,19)/t15-/m0/s1. The van der Waals surface area contributed by atoms with Gasteiger partial charge >= 0.3 is 6.03 Å². The number of urea groups is 1. The fraction of sp³-hybridized carbons (Fsp3) is 0.400. The van der Waals surface area contributed by atoms with Gasteiger partial charge in [-0.05, 0) is 50.8 Å². The second-order valence-electron chi connectivity index (χ2n) is 5.70. The van der Waals surface area contributed by atoms with Crippen LogP contribution in [0.3, 0.4) is 0 Å². The van der Waals surface area contributed by atoms with E-state index in [1.54, 1.807) is 0 Å². The van der Waals surface area contributed by atoms with Crippen molar-refractivity contribution < 1.29 is 4.79 Å². The highest BCUT2D eigenvalue weighted by atomic mass is 16.2. The Morgan fingerprint density at radius 3 is 3.00 bits per heavy atom. The van der Waals surface area contributed by atoms with E-state index in [1.165, 1.54) is 16.5 Å². The fourth-order valence-electron chi connectivity index (χ4n) is 3.23. The Morgan fingerprint density at radius 1 is 1.47 bits per heavy atom. The molecule has 0 fully saturated rings. The minimum Gasteiger partial charge on any atom is -0.356 e. The fourth-order valence-corrected chi connectivity index (χ4v) is 3.23. The molecule has 100 valence electrons. The lowest BCUT2D eigenvalue weighted by Crippen LogP contribution is -2.48. The zero-order valence-corrected chi connectivity index (χ0v) is 11.3. The molecule has 4 nitrogen and oxygen atoms in total. The van der Waals surface area contributed by atoms with E-state index >= 15 is 0 Å². The zero-order chi connectivity index (χ0) is 13.6.